The molecule has 0 spiro atoms. The highest BCUT2D eigenvalue weighted by molar-refractivity contribution is 5.78. The van der Waals surface area contributed by atoms with Crippen LogP contribution in [0, 0.1) is 0 Å². The summed E-state index contributed by atoms with van der Waals surface area (Å²) in [6, 6.07) is 7.64. The summed E-state index contributed by atoms with van der Waals surface area (Å²) in [4.78, 5) is 12.2. The Kier molecular flexibility index (Phi) is 2.53. The van der Waals surface area contributed by atoms with Crippen LogP contribution in [0.3, 0.4) is 0 Å². The molecule has 0 saturated carbocycles. The Morgan fingerprint density at radius 3 is 3.06 bits per heavy atom. The number of rotatable bonds is 3. The number of anilines is 2. The van der Waals surface area contributed by atoms with Crippen LogP contribution in [0.4, 0.5) is 11.7 Å². The molecule has 0 aliphatic rings. The van der Waals surface area contributed by atoms with Crippen molar-refractivity contribution in [2.45, 2.75) is 6.54 Å². The Balaban J connectivity index is 1.79. The summed E-state index contributed by atoms with van der Waals surface area (Å²) in [6.45, 7) is 0.533. The maximum absolute atomic E-state index is 5.67. The Bertz CT molecular complexity index is 665. The van der Waals surface area contributed by atoms with E-state index in [9.17, 15) is 0 Å². The fourth-order valence-corrected chi connectivity index (χ4v) is 1.61. The molecule has 3 aromatic rings. The van der Waals surface area contributed by atoms with Gasteiger partial charge in [0.1, 0.15) is 11.8 Å². The van der Waals surface area contributed by atoms with Gasteiger partial charge in [0.15, 0.2) is 5.58 Å². The van der Waals surface area contributed by atoms with Gasteiger partial charge in [-0.1, -0.05) is 0 Å². The normalized spacial score (nSPS) is 10.7. The average molecular weight is 241 g/mol. The second-order valence-electron chi connectivity index (χ2n) is 3.80. The minimum atomic E-state index is 0.453. The summed E-state index contributed by atoms with van der Waals surface area (Å²) in [5, 5.41) is 3.06. The molecule has 0 fully saturated rings. The molecule has 0 saturated heterocycles. The molecule has 0 radical (unpaired) electrons. The Hall–Kier alpha value is -2.63. The molecule has 3 N–H and O–H groups in total. The largest absolute Gasteiger partial charge is 0.423 e. The maximum Gasteiger partial charge on any atom is 0.296 e. The van der Waals surface area contributed by atoms with Crippen molar-refractivity contribution in [3.05, 3.63) is 42.5 Å². The van der Waals surface area contributed by atoms with Crippen molar-refractivity contribution < 1.29 is 4.42 Å². The zero-order valence-corrected chi connectivity index (χ0v) is 9.50. The lowest BCUT2D eigenvalue weighted by molar-refractivity contribution is 0.614. The molecule has 0 aliphatic carbocycles. The number of nitrogens with one attached hydrogen (secondary N) is 1. The molecular formula is C12H11N5O. The summed E-state index contributed by atoms with van der Waals surface area (Å²) in [5.41, 5.74) is 8.63. The van der Waals surface area contributed by atoms with Crippen LogP contribution in [0.2, 0.25) is 0 Å². The van der Waals surface area contributed by atoms with Crippen LogP contribution in [0.25, 0.3) is 11.1 Å². The number of benzene rings is 1. The second-order valence-corrected chi connectivity index (χ2v) is 3.80. The molecule has 0 unspecified atom stereocenters. The minimum absolute atomic E-state index is 0.453. The number of aromatic nitrogens is 3. The molecule has 0 bridgehead atoms. The fraction of sp³-hybridized carbons (Fsp3) is 0.0833. The third kappa shape index (κ3) is 2.08. The first-order valence-electron chi connectivity index (χ1n) is 5.46. The molecule has 3 rings (SSSR count). The van der Waals surface area contributed by atoms with Gasteiger partial charge in [0.25, 0.3) is 6.01 Å². The predicted octanol–water partition coefficient (Wildman–Crippen LogP) is 1.81. The van der Waals surface area contributed by atoms with Crippen molar-refractivity contribution >= 4 is 22.8 Å². The van der Waals surface area contributed by atoms with E-state index in [1.165, 1.54) is 6.33 Å². The van der Waals surface area contributed by atoms with E-state index in [2.05, 4.69) is 20.3 Å². The Morgan fingerprint density at radius 1 is 1.28 bits per heavy atom. The van der Waals surface area contributed by atoms with Crippen molar-refractivity contribution in [1.29, 1.82) is 0 Å². The molecule has 0 aliphatic heterocycles. The molecule has 0 amide bonds. The number of nitrogens with two attached hydrogens (primary N) is 1. The molecular weight excluding hydrogens is 230 g/mol. The van der Waals surface area contributed by atoms with Crippen LogP contribution in [0.1, 0.15) is 5.69 Å². The quantitative estimate of drug-likeness (QED) is 0.680. The number of oxazole rings is 1. The predicted molar refractivity (Wildman–Crippen MR) is 67.8 cm³/mol. The summed E-state index contributed by atoms with van der Waals surface area (Å²) < 4.78 is 5.52. The van der Waals surface area contributed by atoms with E-state index in [0.717, 1.165) is 11.2 Å². The van der Waals surface area contributed by atoms with Crippen LogP contribution in [0.5, 0.6) is 0 Å². The first-order chi connectivity index (χ1) is 8.81. The van der Waals surface area contributed by atoms with Crippen LogP contribution < -0.4 is 11.1 Å². The number of hydrogen-bond acceptors (Lipinski definition) is 6. The number of hydrogen-bond donors (Lipinski definition) is 2. The summed E-state index contributed by atoms with van der Waals surface area (Å²) >= 11 is 0. The van der Waals surface area contributed by atoms with Gasteiger partial charge < -0.3 is 15.5 Å². The lowest BCUT2D eigenvalue weighted by atomic mass is 10.3. The van der Waals surface area contributed by atoms with Gasteiger partial charge in [0.05, 0.1) is 12.2 Å². The molecule has 1 aromatic carbocycles. The Labute approximate surface area is 103 Å². The standard InChI is InChI=1S/C12H11N5O/c13-8-1-2-10-11(5-8)18-12(17-10)15-6-9-3-4-14-7-16-9/h1-5,7H,6,13H2,(H,15,17). The first kappa shape index (κ1) is 10.5. The van der Waals surface area contributed by atoms with Crippen molar-refractivity contribution in [3.8, 4) is 0 Å². The van der Waals surface area contributed by atoms with Gasteiger partial charge in [-0.25, -0.2) is 9.97 Å². The third-order valence-corrected chi connectivity index (χ3v) is 2.48. The van der Waals surface area contributed by atoms with Crippen LogP contribution in [-0.4, -0.2) is 15.0 Å². The van der Waals surface area contributed by atoms with Crippen LogP contribution >= 0.6 is 0 Å². The third-order valence-electron chi connectivity index (χ3n) is 2.48. The number of fused-ring (bicyclic) bond motifs is 1. The monoisotopic (exact) mass is 241 g/mol. The average Bonchev–Trinajstić information content (AvgIpc) is 2.79. The number of nitrogens with zero attached hydrogens (tertiary/aromatic N) is 3. The van der Waals surface area contributed by atoms with Crippen molar-refractivity contribution in [1.82, 2.24) is 15.0 Å². The van der Waals surface area contributed by atoms with Crippen molar-refractivity contribution in [2.75, 3.05) is 11.1 Å². The highest BCUT2D eigenvalue weighted by Gasteiger charge is 2.05. The lowest BCUT2D eigenvalue weighted by Gasteiger charge is -1.99. The van der Waals surface area contributed by atoms with Gasteiger partial charge in [-0.15, -0.1) is 0 Å². The lowest BCUT2D eigenvalue weighted by Crippen LogP contribution is -2.01. The topological polar surface area (TPSA) is 89.9 Å². The highest BCUT2D eigenvalue weighted by Crippen LogP contribution is 2.21. The molecule has 6 heteroatoms. The van der Waals surface area contributed by atoms with Crippen molar-refractivity contribution in [2.24, 2.45) is 0 Å². The molecule has 6 nitrogen and oxygen atoms in total. The zero-order valence-electron chi connectivity index (χ0n) is 9.50. The van der Waals surface area contributed by atoms with E-state index < -0.39 is 0 Å². The van der Waals surface area contributed by atoms with Crippen LogP contribution in [0.15, 0.2) is 41.2 Å². The van der Waals surface area contributed by atoms with E-state index in [1.807, 2.05) is 12.1 Å². The molecule has 18 heavy (non-hydrogen) atoms. The smallest absolute Gasteiger partial charge is 0.296 e. The molecule has 2 aromatic heterocycles. The molecule has 0 atom stereocenters. The SMILES string of the molecule is Nc1ccc2nc(NCc3ccncn3)oc2c1. The van der Waals surface area contributed by atoms with Gasteiger partial charge in [-0.3, -0.25) is 0 Å². The second kappa shape index (κ2) is 4.33. The van der Waals surface area contributed by atoms with E-state index in [-0.39, 0.29) is 0 Å². The van der Waals surface area contributed by atoms with Gasteiger partial charge in [0, 0.05) is 18.0 Å². The summed E-state index contributed by atoms with van der Waals surface area (Å²) in [7, 11) is 0. The first-order valence-corrected chi connectivity index (χ1v) is 5.46. The minimum Gasteiger partial charge on any atom is -0.423 e. The van der Waals surface area contributed by atoms with E-state index in [4.69, 9.17) is 10.2 Å². The number of nitrogen functional groups attached to an aromatic ring is 1. The van der Waals surface area contributed by atoms with Crippen molar-refractivity contribution in [3.63, 3.8) is 0 Å². The summed E-state index contributed by atoms with van der Waals surface area (Å²) in [5.74, 6) is 0. The van der Waals surface area contributed by atoms with Gasteiger partial charge >= 0.3 is 0 Å². The maximum atomic E-state index is 5.67. The summed E-state index contributed by atoms with van der Waals surface area (Å²) in [6.07, 6.45) is 3.19. The van der Waals surface area contributed by atoms with Gasteiger partial charge in [-0.05, 0) is 18.2 Å². The van der Waals surface area contributed by atoms with E-state index >= 15 is 0 Å². The molecule has 90 valence electrons. The van der Waals surface area contributed by atoms with E-state index in [0.29, 0.717) is 23.8 Å². The zero-order chi connectivity index (χ0) is 12.4. The molecule has 2 heterocycles. The Morgan fingerprint density at radius 2 is 2.22 bits per heavy atom. The van der Waals surface area contributed by atoms with E-state index in [1.54, 1.807) is 18.3 Å². The van der Waals surface area contributed by atoms with Gasteiger partial charge in [-0.2, -0.15) is 4.98 Å². The fourth-order valence-electron chi connectivity index (χ4n) is 1.61. The van der Waals surface area contributed by atoms with Crippen LogP contribution in [-0.2, 0) is 6.54 Å². The highest BCUT2D eigenvalue weighted by atomic mass is 16.4. The van der Waals surface area contributed by atoms with Gasteiger partial charge in [0.2, 0.25) is 0 Å².